The van der Waals surface area contributed by atoms with Gasteiger partial charge in [0.25, 0.3) is 0 Å². The van der Waals surface area contributed by atoms with Gasteiger partial charge in [0.1, 0.15) is 11.5 Å². The van der Waals surface area contributed by atoms with E-state index < -0.39 is 0 Å². The number of hydrogen-bond acceptors (Lipinski definition) is 4. The van der Waals surface area contributed by atoms with E-state index in [0.717, 1.165) is 36.8 Å². The summed E-state index contributed by atoms with van der Waals surface area (Å²) in [5, 5.41) is 0.602. The van der Waals surface area contributed by atoms with Gasteiger partial charge in [0, 0.05) is 22.9 Å². The molecule has 2 rings (SSSR count). The number of rotatable bonds is 7. The molecule has 0 aliphatic heterocycles. The van der Waals surface area contributed by atoms with Gasteiger partial charge in [-0.3, -0.25) is 9.59 Å². The van der Waals surface area contributed by atoms with Crippen LogP contribution in [-0.2, 0) is 27.2 Å². The molecule has 5 heteroatoms. The molecule has 132 valence electrons. The van der Waals surface area contributed by atoms with Gasteiger partial charge in [0.05, 0.1) is 19.6 Å². The molecule has 1 saturated carbocycles. The number of carbonyl (C=O) groups is 2. The Morgan fingerprint density at radius 3 is 2.54 bits per heavy atom. The monoisotopic (exact) mass is 352 g/mol. The van der Waals surface area contributed by atoms with E-state index in [1.54, 1.807) is 20.1 Å². The zero-order valence-electron chi connectivity index (χ0n) is 14.6. The van der Waals surface area contributed by atoms with Crippen LogP contribution >= 0.6 is 11.6 Å². The Morgan fingerprint density at radius 1 is 1.21 bits per heavy atom. The van der Waals surface area contributed by atoms with Crippen LogP contribution in [0.2, 0.25) is 5.02 Å². The summed E-state index contributed by atoms with van der Waals surface area (Å²) in [4.78, 5) is 24.9. The Kier molecular flexibility index (Phi) is 6.67. The molecule has 1 aliphatic rings. The number of ketones is 1. The fraction of sp³-hybridized carbons (Fsp3) is 0.579. The smallest absolute Gasteiger partial charge is 0.309 e. The number of benzene rings is 1. The van der Waals surface area contributed by atoms with Crippen molar-refractivity contribution in [2.24, 2.45) is 11.8 Å². The van der Waals surface area contributed by atoms with Crippen molar-refractivity contribution in [1.82, 2.24) is 0 Å². The van der Waals surface area contributed by atoms with Crippen molar-refractivity contribution in [3.63, 3.8) is 0 Å². The van der Waals surface area contributed by atoms with Crippen LogP contribution in [0.25, 0.3) is 0 Å². The zero-order valence-corrected chi connectivity index (χ0v) is 15.3. The lowest BCUT2D eigenvalue weighted by atomic mass is 9.87. The Labute approximate surface area is 148 Å². The lowest BCUT2D eigenvalue weighted by Gasteiger charge is -2.19. The van der Waals surface area contributed by atoms with Gasteiger partial charge in [-0.1, -0.05) is 24.9 Å². The van der Waals surface area contributed by atoms with E-state index in [1.165, 1.54) is 0 Å². The van der Waals surface area contributed by atoms with Crippen molar-refractivity contribution in [2.45, 2.75) is 46.0 Å². The quantitative estimate of drug-likeness (QED) is 0.696. The maximum atomic E-state index is 12.9. The number of aryl methyl sites for hydroxylation is 1. The largest absolute Gasteiger partial charge is 0.496 e. The molecule has 0 aromatic heterocycles. The summed E-state index contributed by atoms with van der Waals surface area (Å²) in [5.74, 6) is -0.0821. The van der Waals surface area contributed by atoms with Gasteiger partial charge in [-0.05, 0) is 43.9 Å². The summed E-state index contributed by atoms with van der Waals surface area (Å²) in [7, 11) is 1.58. The van der Waals surface area contributed by atoms with Crippen molar-refractivity contribution < 1.29 is 19.1 Å². The van der Waals surface area contributed by atoms with Crippen LogP contribution in [0.4, 0.5) is 0 Å². The van der Waals surface area contributed by atoms with Crippen LogP contribution < -0.4 is 4.74 Å². The van der Waals surface area contributed by atoms with E-state index in [0.29, 0.717) is 17.4 Å². The van der Waals surface area contributed by atoms with Crippen molar-refractivity contribution >= 4 is 23.4 Å². The maximum absolute atomic E-state index is 12.9. The second-order valence-corrected chi connectivity index (χ2v) is 6.57. The van der Waals surface area contributed by atoms with Crippen LogP contribution in [0.15, 0.2) is 12.1 Å². The highest BCUT2D eigenvalue weighted by Crippen LogP contribution is 2.36. The molecular weight excluding hydrogens is 328 g/mol. The molecule has 1 aromatic carbocycles. The summed E-state index contributed by atoms with van der Waals surface area (Å²) in [6.07, 6.45) is 3.40. The molecule has 0 amide bonds. The number of esters is 1. The molecule has 0 bridgehead atoms. The minimum atomic E-state index is -0.305. The number of hydrogen-bond donors (Lipinski definition) is 0. The van der Waals surface area contributed by atoms with Crippen LogP contribution in [0.5, 0.6) is 5.75 Å². The van der Waals surface area contributed by atoms with Crippen molar-refractivity contribution in [2.75, 3.05) is 13.7 Å². The van der Waals surface area contributed by atoms with Crippen molar-refractivity contribution in [3.05, 3.63) is 28.3 Å². The van der Waals surface area contributed by atoms with Gasteiger partial charge in [-0.25, -0.2) is 0 Å². The van der Waals surface area contributed by atoms with Gasteiger partial charge in [-0.15, -0.1) is 0 Å². The number of halogens is 1. The lowest BCUT2D eigenvalue weighted by Crippen LogP contribution is -2.28. The van der Waals surface area contributed by atoms with Gasteiger partial charge in [-0.2, -0.15) is 0 Å². The Hall–Kier alpha value is -1.55. The first-order valence-electron chi connectivity index (χ1n) is 8.56. The van der Waals surface area contributed by atoms with E-state index in [1.807, 2.05) is 13.0 Å². The highest BCUT2D eigenvalue weighted by molar-refractivity contribution is 6.30. The van der Waals surface area contributed by atoms with E-state index >= 15 is 0 Å². The Balaban J connectivity index is 2.21. The highest BCUT2D eigenvalue weighted by Gasteiger charge is 2.38. The number of carbonyl (C=O) groups excluding carboxylic acids is 2. The average Bonchev–Trinajstić information content (AvgIpc) is 3.05. The molecule has 2 unspecified atom stereocenters. The Bertz CT molecular complexity index is 586. The summed E-state index contributed by atoms with van der Waals surface area (Å²) >= 11 is 6.12. The first kappa shape index (κ1) is 18.8. The standard InChI is InChI=1S/C19H25ClO4/c1-4-12-9-13(20)10-18(23-3)16(12)11-17(21)14-7-6-8-15(14)19(22)24-5-2/h9-10,14-15H,4-8,11H2,1-3H3. The fourth-order valence-electron chi connectivity index (χ4n) is 3.55. The van der Waals surface area contributed by atoms with Crippen LogP contribution in [0, 0.1) is 11.8 Å². The third kappa shape index (κ3) is 4.10. The van der Waals surface area contributed by atoms with Crippen molar-refractivity contribution in [3.8, 4) is 5.75 Å². The topological polar surface area (TPSA) is 52.6 Å². The lowest BCUT2D eigenvalue weighted by molar-refractivity contribution is -0.151. The summed E-state index contributed by atoms with van der Waals surface area (Å²) in [6, 6.07) is 3.62. The maximum Gasteiger partial charge on any atom is 0.309 e. The van der Waals surface area contributed by atoms with E-state index in [4.69, 9.17) is 21.1 Å². The Morgan fingerprint density at radius 2 is 1.92 bits per heavy atom. The fourth-order valence-corrected chi connectivity index (χ4v) is 3.78. The molecule has 2 atom stereocenters. The molecule has 24 heavy (non-hydrogen) atoms. The van der Waals surface area contributed by atoms with Crippen LogP contribution in [-0.4, -0.2) is 25.5 Å². The molecule has 0 N–H and O–H groups in total. The molecule has 1 aliphatic carbocycles. The summed E-state index contributed by atoms with van der Waals surface area (Å²) in [6.45, 7) is 4.16. The predicted molar refractivity (Wildman–Crippen MR) is 93.6 cm³/mol. The van der Waals surface area contributed by atoms with Gasteiger partial charge in [0.15, 0.2) is 0 Å². The number of Topliss-reactive ketones (excluding diaryl/α,β-unsaturated/α-hetero) is 1. The normalized spacial score (nSPS) is 20.0. The molecule has 1 aromatic rings. The van der Waals surface area contributed by atoms with Gasteiger partial charge in [0.2, 0.25) is 0 Å². The zero-order chi connectivity index (χ0) is 17.7. The third-order valence-electron chi connectivity index (χ3n) is 4.74. The second kappa shape index (κ2) is 8.52. The van der Waals surface area contributed by atoms with E-state index in [-0.39, 0.29) is 30.0 Å². The van der Waals surface area contributed by atoms with Crippen LogP contribution in [0.3, 0.4) is 0 Å². The molecule has 0 radical (unpaired) electrons. The highest BCUT2D eigenvalue weighted by atomic mass is 35.5. The molecule has 0 heterocycles. The average molecular weight is 353 g/mol. The van der Waals surface area contributed by atoms with Crippen molar-refractivity contribution in [1.29, 1.82) is 0 Å². The first-order chi connectivity index (χ1) is 11.5. The predicted octanol–water partition coefficient (Wildman–Crippen LogP) is 4.00. The minimum absolute atomic E-state index is 0.0841. The van der Waals surface area contributed by atoms with Gasteiger partial charge >= 0.3 is 5.97 Å². The second-order valence-electron chi connectivity index (χ2n) is 6.14. The van der Waals surface area contributed by atoms with E-state index in [9.17, 15) is 9.59 Å². The molecule has 1 fully saturated rings. The number of ether oxygens (including phenoxy) is 2. The summed E-state index contributed by atoms with van der Waals surface area (Å²) < 4.78 is 10.5. The molecule has 0 spiro atoms. The first-order valence-corrected chi connectivity index (χ1v) is 8.94. The van der Waals surface area contributed by atoms with E-state index in [2.05, 4.69) is 0 Å². The summed E-state index contributed by atoms with van der Waals surface area (Å²) in [5.41, 5.74) is 1.89. The SMILES string of the molecule is CCOC(=O)C1CCCC1C(=O)Cc1c(CC)cc(Cl)cc1OC. The minimum Gasteiger partial charge on any atom is -0.496 e. The van der Waals surface area contributed by atoms with Gasteiger partial charge < -0.3 is 9.47 Å². The van der Waals surface area contributed by atoms with Crippen LogP contribution in [0.1, 0.15) is 44.2 Å². The molecular formula is C19H25ClO4. The third-order valence-corrected chi connectivity index (χ3v) is 4.96. The molecule has 0 saturated heterocycles. The number of methoxy groups -OCH3 is 1. The molecule has 4 nitrogen and oxygen atoms in total.